The highest BCUT2D eigenvalue weighted by atomic mass is 31.1. The monoisotopic (exact) mass is 268 g/mol. The minimum atomic E-state index is -0.139. The molecule has 2 atom stereocenters. The maximum Gasteiger partial charge on any atom is 0.0142 e. The first kappa shape index (κ1) is 10.7. The molecule has 2 unspecified atom stereocenters. The van der Waals surface area contributed by atoms with Crippen molar-refractivity contribution in [1.29, 1.82) is 0 Å². The van der Waals surface area contributed by atoms with E-state index >= 15 is 0 Å². The van der Waals surface area contributed by atoms with Crippen LogP contribution in [0.2, 0.25) is 0 Å². The van der Waals surface area contributed by atoms with Crippen LogP contribution in [0.5, 0.6) is 0 Å². The maximum absolute atomic E-state index is 2.42. The summed E-state index contributed by atoms with van der Waals surface area (Å²) in [5.74, 6) is 0. The Morgan fingerprint density at radius 2 is 1.00 bits per heavy atom. The van der Waals surface area contributed by atoms with Crippen molar-refractivity contribution in [2.45, 2.75) is 0 Å². The van der Waals surface area contributed by atoms with Gasteiger partial charge >= 0.3 is 0 Å². The first-order chi connectivity index (χ1) is 8.79. The number of rotatable bonds is 0. The lowest BCUT2D eigenvalue weighted by molar-refractivity contribution is 1.87. The van der Waals surface area contributed by atoms with Crippen molar-refractivity contribution in [3.8, 4) is 0 Å². The Labute approximate surface area is 108 Å². The third-order valence-electron chi connectivity index (χ3n) is 3.94. The molecule has 0 bridgehead atoms. The molecule has 2 heteroatoms. The highest BCUT2D eigenvalue weighted by molar-refractivity contribution is 7.68. The second-order valence-corrected chi connectivity index (χ2v) is 8.94. The molecule has 0 amide bonds. The van der Waals surface area contributed by atoms with E-state index < -0.39 is 0 Å². The Bertz CT molecular complexity index is 818. The summed E-state index contributed by atoms with van der Waals surface area (Å²) < 4.78 is 0. The summed E-state index contributed by atoms with van der Waals surface area (Å²) in [5.41, 5.74) is 0. The van der Waals surface area contributed by atoms with E-state index in [-0.39, 0.29) is 15.1 Å². The molecule has 0 saturated carbocycles. The summed E-state index contributed by atoms with van der Waals surface area (Å²) >= 11 is 0. The lowest BCUT2D eigenvalue weighted by Gasteiger charge is -1.96. The molecule has 0 aliphatic rings. The molecule has 0 radical (unpaired) electrons. The molecule has 0 spiro atoms. The summed E-state index contributed by atoms with van der Waals surface area (Å²) in [4.78, 5) is 0. The van der Waals surface area contributed by atoms with Crippen LogP contribution in [-0.2, 0) is 13.3 Å². The zero-order chi connectivity index (χ0) is 12.3. The van der Waals surface area contributed by atoms with Crippen molar-refractivity contribution in [3.05, 3.63) is 48.5 Å². The van der Waals surface area contributed by atoms with Gasteiger partial charge in [-0.15, -0.1) is 15.1 Å². The van der Waals surface area contributed by atoms with Gasteiger partial charge in [0.05, 0.1) is 0 Å². The molecule has 18 heavy (non-hydrogen) atoms. The Balaban J connectivity index is 2.44. The van der Waals surface area contributed by atoms with E-state index in [2.05, 4.69) is 61.9 Å². The molecule has 0 saturated heterocycles. The van der Waals surface area contributed by atoms with E-state index in [4.69, 9.17) is 0 Å². The summed E-state index contributed by atoms with van der Waals surface area (Å²) in [7, 11) is -0.277. The van der Waals surface area contributed by atoms with Crippen molar-refractivity contribution in [3.63, 3.8) is 0 Å². The largest absolute Gasteiger partial charge is 0.111 e. The van der Waals surface area contributed by atoms with Gasteiger partial charge in [-0.3, -0.25) is 0 Å². The molecule has 2 aromatic carbocycles. The SMILES string of the molecule is Cp1c2ccccc2c2c1c1ccccc1p2C. The van der Waals surface area contributed by atoms with Gasteiger partial charge in [0.25, 0.3) is 0 Å². The first-order valence-electron chi connectivity index (χ1n) is 6.19. The van der Waals surface area contributed by atoms with Crippen LogP contribution < -0.4 is 0 Å². The van der Waals surface area contributed by atoms with Gasteiger partial charge in [-0.1, -0.05) is 48.5 Å². The van der Waals surface area contributed by atoms with E-state index in [9.17, 15) is 0 Å². The van der Waals surface area contributed by atoms with Gasteiger partial charge in [0.2, 0.25) is 0 Å². The Kier molecular flexibility index (Phi) is 2.16. The van der Waals surface area contributed by atoms with E-state index in [0.29, 0.717) is 0 Å². The van der Waals surface area contributed by atoms with E-state index in [1.54, 1.807) is 20.5 Å². The molecule has 0 fully saturated rings. The van der Waals surface area contributed by atoms with Crippen molar-refractivity contribution in [1.82, 2.24) is 0 Å². The van der Waals surface area contributed by atoms with Crippen LogP contribution in [0, 0.1) is 0 Å². The van der Waals surface area contributed by atoms with Crippen molar-refractivity contribution >= 4 is 46.3 Å². The zero-order valence-electron chi connectivity index (χ0n) is 10.5. The minimum absolute atomic E-state index is 0.139. The summed E-state index contributed by atoms with van der Waals surface area (Å²) in [6.45, 7) is 4.84. The quantitative estimate of drug-likeness (QED) is 0.356. The third-order valence-corrected chi connectivity index (χ3v) is 8.61. The first-order valence-corrected chi connectivity index (χ1v) is 9.77. The summed E-state index contributed by atoms with van der Waals surface area (Å²) in [6.07, 6.45) is 0. The highest BCUT2D eigenvalue weighted by Crippen LogP contribution is 2.59. The zero-order valence-corrected chi connectivity index (χ0v) is 12.3. The Hall–Kier alpha value is -1.22. The lowest BCUT2D eigenvalue weighted by Crippen LogP contribution is -1.62. The van der Waals surface area contributed by atoms with Crippen molar-refractivity contribution < 1.29 is 0 Å². The van der Waals surface area contributed by atoms with Gasteiger partial charge in [-0.25, -0.2) is 0 Å². The van der Waals surface area contributed by atoms with E-state index in [1.807, 2.05) is 0 Å². The van der Waals surface area contributed by atoms with Crippen LogP contribution in [0.15, 0.2) is 48.5 Å². The predicted molar refractivity (Wildman–Crippen MR) is 86.3 cm³/mol. The molecule has 0 aliphatic carbocycles. The minimum Gasteiger partial charge on any atom is -0.111 e. The molecular formula is C16H14P2. The van der Waals surface area contributed by atoms with E-state index in [0.717, 1.165) is 0 Å². The average Bonchev–Trinajstić information content (AvgIpc) is 2.87. The number of hydrogen-bond donors (Lipinski definition) is 0. The van der Waals surface area contributed by atoms with E-state index in [1.165, 1.54) is 10.8 Å². The topological polar surface area (TPSA) is 0 Å². The highest BCUT2D eigenvalue weighted by Gasteiger charge is 2.15. The standard InChI is InChI=1S/C16H14P2/c1-17-13-9-5-3-7-11(13)16-15(17)12-8-4-6-10-14(12)18(16)2/h3-10H,1-2H3. The second kappa shape index (κ2) is 3.64. The normalized spacial score (nSPS) is 13.9. The maximum atomic E-state index is 2.42. The van der Waals surface area contributed by atoms with Crippen LogP contribution in [0.1, 0.15) is 0 Å². The van der Waals surface area contributed by atoms with Gasteiger partial charge in [0.1, 0.15) is 0 Å². The lowest BCUT2D eigenvalue weighted by atomic mass is 10.2. The average molecular weight is 268 g/mol. The van der Waals surface area contributed by atoms with Crippen LogP contribution >= 0.6 is 15.1 Å². The van der Waals surface area contributed by atoms with Gasteiger partial charge in [-0.05, 0) is 24.1 Å². The molecule has 0 aliphatic heterocycles. The molecular weight excluding hydrogens is 254 g/mol. The molecule has 88 valence electrons. The Morgan fingerprint density at radius 3 is 1.44 bits per heavy atom. The molecule has 0 nitrogen and oxygen atoms in total. The number of aryl methyl sites for hydroxylation is 2. The number of hydrogen-bond acceptors (Lipinski definition) is 0. The fraction of sp³-hybridized carbons (Fsp3) is 0.125. The van der Waals surface area contributed by atoms with Gasteiger partial charge in [0.15, 0.2) is 0 Å². The second-order valence-electron chi connectivity index (χ2n) is 4.85. The van der Waals surface area contributed by atoms with Crippen LogP contribution in [0.3, 0.4) is 0 Å². The molecule has 0 N–H and O–H groups in total. The smallest absolute Gasteiger partial charge is 0.0142 e. The summed E-state index contributed by atoms with van der Waals surface area (Å²) in [6, 6.07) is 18.0. The predicted octanol–water partition coefficient (Wildman–Crippen LogP) is 6.19. The van der Waals surface area contributed by atoms with Gasteiger partial charge < -0.3 is 0 Å². The van der Waals surface area contributed by atoms with Gasteiger partial charge in [-0.2, -0.15) is 0 Å². The van der Waals surface area contributed by atoms with Gasteiger partial charge in [0, 0.05) is 20.5 Å². The van der Waals surface area contributed by atoms with Crippen LogP contribution in [0.25, 0.3) is 31.2 Å². The molecule has 2 heterocycles. The van der Waals surface area contributed by atoms with Crippen LogP contribution in [0.4, 0.5) is 0 Å². The molecule has 4 rings (SSSR count). The van der Waals surface area contributed by atoms with Crippen LogP contribution in [-0.4, -0.2) is 0 Å². The molecule has 2 aromatic heterocycles. The summed E-state index contributed by atoms with van der Waals surface area (Å²) in [5, 5.41) is 9.56. The fourth-order valence-corrected chi connectivity index (χ4v) is 8.37. The van der Waals surface area contributed by atoms with Crippen molar-refractivity contribution in [2.24, 2.45) is 13.3 Å². The number of fused-ring (bicyclic) bond motifs is 5. The van der Waals surface area contributed by atoms with Crippen molar-refractivity contribution in [2.75, 3.05) is 0 Å². The third kappa shape index (κ3) is 1.18. The fourth-order valence-electron chi connectivity index (χ4n) is 3.11. The molecule has 4 aromatic rings. The Morgan fingerprint density at radius 1 is 0.611 bits per heavy atom. The number of benzene rings is 2.